The van der Waals surface area contributed by atoms with E-state index in [2.05, 4.69) is 11.0 Å². The Hall–Kier alpha value is -1.95. The van der Waals surface area contributed by atoms with E-state index < -0.39 is 12.2 Å². The maximum Gasteiger partial charge on any atom is 0.128 e. The summed E-state index contributed by atoms with van der Waals surface area (Å²) in [4.78, 5) is 2.35. The number of nitrogens with zero attached hydrogens (tertiary/aromatic N) is 1. The molecule has 5 heteroatoms. The largest absolute Gasteiger partial charge is 0.493 e. The summed E-state index contributed by atoms with van der Waals surface area (Å²) in [5, 5.41) is 21.0. The number of likely N-dealkylation sites (tertiary alicyclic amines) is 1. The van der Waals surface area contributed by atoms with E-state index in [4.69, 9.17) is 4.74 Å². The van der Waals surface area contributed by atoms with Crippen LogP contribution in [0.2, 0.25) is 0 Å². The maximum atomic E-state index is 13.5. The van der Waals surface area contributed by atoms with Gasteiger partial charge in [0.05, 0.1) is 18.8 Å². The molecule has 2 aromatic carbocycles. The van der Waals surface area contributed by atoms with Crippen LogP contribution in [0.4, 0.5) is 4.39 Å². The fourth-order valence-corrected chi connectivity index (χ4v) is 5.21. The smallest absolute Gasteiger partial charge is 0.128 e. The zero-order valence-corrected chi connectivity index (χ0v) is 15.9. The Balaban J connectivity index is 1.30. The molecule has 2 heterocycles. The molecule has 28 heavy (non-hydrogen) atoms. The highest BCUT2D eigenvalue weighted by molar-refractivity contribution is 5.46. The zero-order valence-electron chi connectivity index (χ0n) is 15.9. The molecule has 4 nitrogen and oxygen atoms in total. The van der Waals surface area contributed by atoms with Crippen LogP contribution < -0.4 is 4.74 Å². The van der Waals surface area contributed by atoms with Gasteiger partial charge >= 0.3 is 0 Å². The Morgan fingerprint density at radius 3 is 2.57 bits per heavy atom. The van der Waals surface area contributed by atoms with Crippen molar-refractivity contribution in [2.45, 2.75) is 49.9 Å². The van der Waals surface area contributed by atoms with Crippen LogP contribution >= 0.6 is 0 Å². The van der Waals surface area contributed by atoms with Gasteiger partial charge in [-0.25, -0.2) is 4.39 Å². The van der Waals surface area contributed by atoms with E-state index in [1.54, 1.807) is 12.1 Å². The minimum absolute atomic E-state index is 0.0283. The lowest BCUT2D eigenvalue weighted by Crippen LogP contribution is -2.43. The molecule has 1 unspecified atom stereocenters. The van der Waals surface area contributed by atoms with Crippen molar-refractivity contribution in [3.05, 3.63) is 64.5 Å². The summed E-state index contributed by atoms with van der Waals surface area (Å²) in [5.74, 6) is 1.04. The second-order valence-electron chi connectivity index (χ2n) is 8.29. The number of ether oxygens (including phenoxy) is 1. The van der Waals surface area contributed by atoms with Gasteiger partial charge in [-0.05, 0) is 67.1 Å². The van der Waals surface area contributed by atoms with E-state index in [0.29, 0.717) is 25.4 Å². The predicted octanol–water partition coefficient (Wildman–Crippen LogP) is 3.48. The summed E-state index contributed by atoms with van der Waals surface area (Å²) in [6.45, 7) is 2.36. The summed E-state index contributed by atoms with van der Waals surface area (Å²) in [7, 11) is 0. The first-order valence-electron chi connectivity index (χ1n) is 10.3. The van der Waals surface area contributed by atoms with Gasteiger partial charge in [-0.15, -0.1) is 0 Å². The summed E-state index contributed by atoms with van der Waals surface area (Å²) >= 11 is 0. The molecule has 5 rings (SSSR count). The van der Waals surface area contributed by atoms with Gasteiger partial charge < -0.3 is 14.9 Å². The van der Waals surface area contributed by atoms with E-state index in [-0.39, 0.29) is 11.9 Å². The Kier molecular flexibility index (Phi) is 4.62. The molecule has 1 saturated heterocycles. The number of benzene rings is 2. The number of para-hydroxylation sites is 1. The predicted molar refractivity (Wildman–Crippen MR) is 104 cm³/mol. The first-order valence-corrected chi connectivity index (χ1v) is 10.3. The van der Waals surface area contributed by atoms with Crippen molar-refractivity contribution in [1.82, 2.24) is 4.90 Å². The molecule has 2 aliphatic heterocycles. The third-order valence-electron chi connectivity index (χ3n) is 6.73. The Labute approximate surface area is 164 Å². The highest BCUT2D eigenvalue weighted by atomic mass is 19.1. The number of fused-ring (bicyclic) bond motifs is 2. The van der Waals surface area contributed by atoms with Gasteiger partial charge in [0, 0.05) is 18.0 Å². The van der Waals surface area contributed by atoms with Gasteiger partial charge in [0.1, 0.15) is 11.6 Å². The van der Waals surface area contributed by atoms with E-state index in [0.717, 1.165) is 48.4 Å². The minimum atomic E-state index is -0.546. The molecule has 2 N–H and O–H groups in total. The molecule has 0 bridgehead atoms. The van der Waals surface area contributed by atoms with Crippen LogP contribution in [0.1, 0.15) is 59.6 Å². The first-order chi connectivity index (χ1) is 13.6. The maximum absolute atomic E-state index is 13.5. The van der Waals surface area contributed by atoms with Crippen molar-refractivity contribution in [3.63, 3.8) is 0 Å². The molecule has 2 aromatic rings. The number of piperidine rings is 1. The molecular weight excluding hydrogens is 357 g/mol. The van der Waals surface area contributed by atoms with Crippen molar-refractivity contribution < 1.29 is 19.3 Å². The zero-order chi connectivity index (χ0) is 19.3. The van der Waals surface area contributed by atoms with Gasteiger partial charge in [0.15, 0.2) is 0 Å². The second-order valence-corrected chi connectivity index (χ2v) is 8.29. The van der Waals surface area contributed by atoms with Crippen LogP contribution in [-0.4, -0.2) is 40.9 Å². The molecule has 1 fully saturated rings. The van der Waals surface area contributed by atoms with Gasteiger partial charge in [-0.2, -0.15) is 0 Å². The van der Waals surface area contributed by atoms with Gasteiger partial charge in [0.25, 0.3) is 0 Å². The molecule has 148 valence electrons. The number of hydrogen-bond acceptors (Lipinski definition) is 4. The lowest BCUT2D eigenvalue weighted by Gasteiger charge is -2.38. The minimum Gasteiger partial charge on any atom is -0.493 e. The third kappa shape index (κ3) is 3.02. The highest BCUT2D eigenvalue weighted by Crippen LogP contribution is 2.43. The summed E-state index contributed by atoms with van der Waals surface area (Å²) in [6.07, 6.45) is 2.35. The molecule has 0 spiro atoms. The lowest BCUT2D eigenvalue weighted by atomic mass is 9.85. The van der Waals surface area contributed by atoms with Crippen molar-refractivity contribution in [2.75, 3.05) is 19.7 Å². The first kappa shape index (κ1) is 18.1. The molecule has 3 aliphatic rings. The van der Waals surface area contributed by atoms with Crippen molar-refractivity contribution >= 4 is 0 Å². The topological polar surface area (TPSA) is 52.9 Å². The molecule has 0 aromatic heterocycles. The van der Waals surface area contributed by atoms with Crippen LogP contribution in [0.15, 0.2) is 36.4 Å². The Bertz CT molecular complexity index is 878. The van der Waals surface area contributed by atoms with Gasteiger partial charge in [-0.3, -0.25) is 4.90 Å². The Morgan fingerprint density at radius 1 is 0.964 bits per heavy atom. The van der Waals surface area contributed by atoms with E-state index in [9.17, 15) is 14.6 Å². The summed E-state index contributed by atoms with van der Waals surface area (Å²) in [5.41, 5.74) is 3.91. The van der Waals surface area contributed by atoms with Crippen LogP contribution in [-0.2, 0) is 6.42 Å². The third-order valence-corrected chi connectivity index (χ3v) is 6.73. The molecule has 0 radical (unpaired) electrons. The van der Waals surface area contributed by atoms with Crippen LogP contribution in [0, 0.1) is 5.82 Å². The number of halogens is 1. The van der Waals surface area contributed by atoms with E-state index in [1.807, 2.05) is 12.1 Å². The van der Waals surface area contributed by atoms with Crippen molar-refractivity contribution in [3.8, 4) is 5.75 Å². The number of aliphatic hydroxyl groups excluding tert-OH is 2. The number of rotatable bonds is 2. The molecular formula is C23H26FNO3. The average molecular weight is 383 g/mol. The van der Waals surface area contributed by atoms with Crippen LogP contribution in [0.5, 0.6) is 5.75 Å². The van der Waals surface area contributed by atoms with Gasteiger partial charge in [-0.1, -0.05) is 24.3 Å². The molecule has 0 saturated carbocycles. The van der Waals surface area contributed by atoms with Gasteiger partial charge in [0.2, 0.25) is 0 Å². The Morgan fingerprint density at radius 2 is 1.75 bits per heavy atom. The summed E-state index contributed by atoms with van der Waals surface area (Å²) < 4.78 is 19.5. The van der Waals surface area contributed by atoms with Crippen molar-refractivity contribution in [2.24, 2.45) is 0 Å². The number of aliphatic hydroxyl groups is 2. The fourth-order valence-electron chi connectivity index (χ4n) is 5.21. The molecule has 1 aliphatic carbocycles. The monoisotopic (exact) mass is 383 g/mol. The SMILES string of the molecule is OC1CCOc2c1cccc2C1CCN([C@@H]2Cc3cc(F)ccc3[C@H]2O)CC1. The highest BCUT2D eigenvalue weighted by Gasteiger charge is 2.37. The van der Waals surface area contributed by atoms with E-state index >= 15 is 0 Å². The number of hydrogen-bond donors (Lipinski definition) is 2. The van der Waals surface area contributed by atoms with Crippen molar-refractivity contribution in [1.29, 1.82) is 0 Å². The average Bonchev–Trinajstić information content (AvgIpc) is 3.04. The van der Waals surface area contributed by atoms with Crippen LogP contribution in [0.3, 0.4) is 0 Å². The second kappa shape index (κ2) is 7.14. The molecule has 3 atom stereocenters. The standard InChI is InChI=1S/C23H26FNO3/c24-16-4-5-17-15(12-16)13-20(22(17)27)25-9-6-14(7-10-25)18-2-1-3-19-21(26)8-11-28-23(18)19/h1-5,12,14,20-22,26-27H,6-11,13H2/t20-,21?,22-/m1/s1. The molecule has 0 amide bonds. The quantitative estimate of drug-likeness (QED) is 0.834. The fraction of sp³-hybridized carbons (Fsp3) is 0.478. The lowest BCUT2D eigenvalue weighted by molar-refractivity contribution is 0.0453. The summed E-state index contributed by atoms with van der Waals surface area (Å²) in [6, 6.07) is 10.9. The van der Waals surface area contributed by atoms with E-state index in [1.165, 1.54) is 11.6 Å². The normalized spacial score (nSPS) is 27.9. The van der Waals surface area contributed by atoms with Crippen LogP contribution in [0.25, 0.3) is 0 Å².